The first-order chi connectivity index (χ1) is 10.9. The predicted octanol–water partition coefficient (Wildman–Crippen LogP) is 2.93. The molecule has 0 aromatic heterocycles. The molecule has 2 aromatic rings. The van der Waals surface area contributed by atoms with Crippen molar-refractivity contribution in [3.05, 3.63) is 48.0 Å². The van der Waals surface area contributed by atoms with Crippen LogP contribution in [0.3, 0.4) is 0 Å². The number of amides is 1. The summed E-state index contributed by atoms with van der Waals surface area (Å²) in [6, 6.07) is 13.4. The van der Waals surface area contributed by atoms with Gasteiger partial charge in [0.05, 0.1) is 5.25 Å². The van der Waals surface area contributed by atoms with Crippen molar-refractivity contribution in [3.63, 3.8) is 0 Å². The molecular weight excluding hydrogens is 310 g/mol. The van der Waals surface area contributed by atoms with E-state index in [1.807, 2.05) is 42.5 Å². The third-order valence-corrected chi connectivity index (χ3v) is 6.24. The highest BCUT2D eigenvalue weighted by Crippen LogP contribution is 2.25. The van der Waals surface area contributed by atoms with Crippen LogP contribution in [-0.2, 0) is 9.84 Å². The maximum absolute atomic E-state index is 12.6. The fourth-order valence-electron chi connectivity index (χ4n) is 3.35. The number of carbonyl (C=O) groups excluding carboxylic acids is 1. The van der Waals surface area contributed by atoms with E-state index in [2.05, 4.69) is 5.32 Å². The van der Waals surface area contributed by atoms with E-state index in [4.69, 9.17) is 0 Å². The molecule has 0 saturated heterocycles. The minimum absolute atomic E-state index is 0.0741. The summed E-state index contributed by atoms with van der Waals surface area (Å²) in [5.74, 6) is -0.124. The molecule has 1 saturated carbocycles. The summed E-state index contributed by atoms with van der Waals surface area (Å²) in [5, 5.41) is 4.63. The van der Waals surface area contributed by atoms with Crippen LogP contribution in [0.25, 0.3) is 10.8 Å². The number of carbonyl (C=O) groups is 1. The average Bonchev–Trinajstić information content (AvgIpc) is 2.53. The molecule has 3 rings (SSSR count). The molecule has 1 fully saturated rings. The molecule has 0 heterocycles. The Morgan fingerprint density at radius 3 is 2.61 bits per heavy atom. The third kappa shape index (κ3) is 3.55. The van der Waals surface area contributed by atoms with E-state index >= 15 is 0 Å². The van der Waals surface area contributed by atoms with E-state index in [1.165, 1.54) is 6.26 Å². The molecule has 122 valence electrons. The van der Waals surface area contributed by atoms with Gasteiger partial charge in [0.1, 0.15) is 9.84 Å². The molecule has 0 aliphatic heterocycles. The summed E-state index contributed by atoms with van der Waals surface area (Å²) >= 11 is 0. The number of hydrogen-bond donors (Lipinski definition) is 1. The van der Waals surface area contributed by atoms with E-state index in [0.717, 1.165) is 23.6 Å². The Labute approximate surface area is 136 Å². The molecule has 5 heteroatoms. The van der Waals surface area contributed by atoms with Crippen molar-refractivity contribution < 1.29 is 13.2 Å². The number of sulfone groups is 1. The van der Waals surface area contributed by atoms with Gasteiger partial charge in [0.15, 0.2) is 0 Å². The molecule has 0 unspecified atom stereocenters. The molecule has 23 heavy (non-hydrogen) atoms. The lowest BCUT2D eigenvalue weighted by Gasteiger charge is -2.28. The molecule has 1 aliphatic rings. The zero-order valence-corrected chi connectivity index (χ0v) is 14.0. The van der Waals surface area contributed by atoms with Gasteiger partial charge in [0.2, 0.25) is 0 Å². The summed E-state index contributed by atoms with van der Waals surface area (Å²) in [6.45, 7) is 0. The Kier molecular flexibility index (Phi) is 4.39. The molecule has 0 radical (unpaired) electrons. The quantitative estimate of drug-likeness (QED) is 0.940. The molecule has 4 nitrogen and oxygen atoms in total. The molecule has 1 N–H and O–H groups in total. The van der Waals surface area contributed by atoms with Crippen LogP contribution in [0, 0.1) is 0 Å². The minimum atomic E-state index is -3.05. The van der Waals surface area contributed by atoms with Gasteiger partial charge in [-0.3, -0.25) is 4.79 Å². The molecule has 0 spiro atoms. The Balaban J connectivity index is 1.78. The third-order valence-electron chi connectivity index (χ3n) is 4.60. The standard InChI is InChI=1S/C18H21NO3S/c1-23(21,22)15-9-5-8-14(12-15)19-18(20)17-11-4-7-13-6-2-3-10-16(13)17/h2-4,6-7,10-11,14-15H,5,8-9,12H2,1H3,(H,19,20)/t14-,15+/m0/s1. The SMILES string of the molecule is CS(=O)(=O)[C@@H]1CCC[C@H](NC(=O)c2cccc3ccccc23)C1. The van der Waals surface area contributed by atoms with Crippen LogP contribution in [0.4, 0.5) is 0 Å². The Morgan fingerprint density at radius 2 is 1.83 bits per heavy atom. The van der Waals surface area contributed by atoms with Crippen molar-refractivity contribution in [1.29, 1.82) is 0 Å². The lowest BCUT2D eigenvalue weighted by molar-refractivity contribution is 0.0929. The van der Waals surface area contributed by atoms with Gasteiger partial charge in [-0.2, -0.15) is 0 Å². The highest BCUT2D eigenvalue weighted by molar-refractivity contribution is 7.91. The molecule has 2 aromatic carbocycles. The van der Waals surface area contributed by atoms with Gasteiger partial charge in [0.25, 0.3) is 5.91 Å². The molecule has 1 aliphatic carbocycles. The lowest BCUT2D eigenvalue weighted by Crippen LogP contribution is -2.41. The summed E-state index contributed by atoms with van der Waals surface area (Å²) in [5.41, 5.74) is 0.643. The Morgan fingerprint density at radius 1 is 1.09 bits per heavy atom. The van der Waals surface area contributed by atoms with Gasteiger partial charge in [0, 0.05) is 17.9 Å². The first-order valence-corrected chi connectivity index (χ1v) is 9.88. The van der Waals surface area contributed by atoms with Crippen molar-refractivity contribution in [3.8, 4) is 0 Å². The van der Waals surface area contributed by atoms with Gasteiger partial charge in [-0.05, 0) is 36.1 Å². The number of rotatable bonds is 3. The van der Waals surface area contributed by atoms with Crippen LogP contribution in [-0.4, -0.2) is 31.9 Å². The lowest BCUT2D eigenvalue weighted by atomic mass is 9.94. The van der Waals surface area contributed by atoms with E-state index in [9.17, 15) is 13.2 Å². The van der Waals surface area contributed by atoms with Crippen molar-refractivity contribution in [1.82, 2.24) is 5.32 Å². The van der Waals surface area contributed by atoms with Gasteiger partial charge < -0.3 is 5.32 Å². The predicted molar refractivity (Wildman–Crippen MR) is 92.3 cm³/mol. The summed E-state index contributed by atoms with van der Waals surface area (Å²) < 4.78 is 23.5. The molecular formula is C18H21NO3S. The normalized spacial score (nSPS) is 22.0. The maximum Gasteiger partial charge on any atom is 0.252 e. The highest BCUT2D eigenvalue weighted by Gasteiger charge is 2.29. The second kappa shape index (κ2) is 6.32. The molecule has 2 atom stereocenters. The molecule has 0 bridgehead atoms. The van der Waals surface area contributed by atoms with E-state index in [1.54, 1.807) is 0 Å². The largest absolute Gasteiger partial charge is 0.349 e. The zero-order chi connectivity index (χ0) is 16.4. The second-order valence-corrected chi connectivity index (χ2v) is 8.64. The van der Waals surface area contributed by atoms with E-state index in [-0.39, 0.29) is 17.2 Å². The van der Waals surface area contributed by atoms with Crippen LogP contribution in [0.5, 0.6) is 0 Å². The minimum Gasteiger partial charge on any atom is -0.349 e. The summed E-state index contributed by atoms with van der Waals surface area (Å²) in [6.07, 6.45) is 4.15. The van der Waals surface area contributed by atoms with E-state index in [0.29, 0.717) is 18.4 Å². The maximum atomic E-state index is 12.6. The van der Waals surface area contributed by atoms with Crippen molar-refractivity contribution in [2.45, 2.75) is 37.0 Å². The van der Waals surface area contributed by atoms with Gasteiger partial charge in [-0.25, -0.2) is 8.42 Å². The van der Waals surface area contributed by atoms with Crippen LogP contribution >= 0.6 is 0 Å². The number of benzene rings is 2. The number of fused-ring (bicyclic) bond motifs is 1. The number of hydrogen-bond acceptors (Lipinski definition) is 3. The van der Waals surface area contributed by atoms with Crippen LogP contribution in [0.15, 0.2) is 42.5 Å². The zero-order valence-electron chi connectivity index (χ0n) is 13.2. The van der Waals surface area contributed by atoms with Gasteiger partial charge >= 0.3 is 0 Å². The summed E-state index contributed by atoms with van der Waals surface area (Å²) in [4.78, 5) is 12.6. The first kappa shape index (κ1) is 16.0. The smallest absolute Gasteiger partial charge is 0.252 e. The van der Waals surface area contributed by atoms with Crippen LogP contribution in [0.2, 0.25) is 0 Å². The van der Waals surface area contributed by atoms with E-state index < -0.39 is 9.84 Å². The average molecular weight is 331 g/mol. The van der Waals surface area contributed by atoms with Crippen LogP contribution < -0.4 is 5.32 Å². The number of nitrogens with one attached hydrogen (secondary N) is 1. The van der Waals surface area contributed by atoms with Crippen LogP contribution in [0.1, 0.15) is 36.0 Å². The topological polar surface area (TPSA) is 63.2 Å². The van der Waals surface area contributed by atoms with Crippen molar-refractivity contribution >= 4 is 26.5 Å². The first-order valence-electron chi connectivity index (χ1n) is 7.92. The fraction of sp³-hybridized carbons (Fsp3) is 0.389. The Bertz CT molecular complexity index is 824. The fourth-order valence-corrected chi connectivity index (χ4v) is 4.53. The molecule has 1 amide bonds. The van der Waals surface area contributed by atoms with Gasteiger partial charge in [-0.1, -0.05) is 42.8 Å². The second-order valence-electron chi connectivity index (χ2n) is 6.32. The summed E-state index contributed by atoms with van der Waals surface area (Å²) in [7, 11) is -3.05. The van der Waals surface area contributed by atoms with Crippen molar-refractivity contribution in [2.75, 3.05) is 6.26 Å². The Hall–Kier alpha value is -1.88. The van der Waals surface area contributed by atoms with Crippen molar-refractivity contribution in [2.24, 2.45) is 0 Å². The highest BCUT2D eigenvalue weighted by atomic mass is 32.2. The monoisotopic (exact) mass is 331 g/mol. The van der Waals surface area contributed by atoms with Gasteiger partial charge in [-0.15, -0.1) is 0 Å².